The molecule has 0 saturated carbocycles. The summed E-state index contributed by atoms with van der Waals surface area (Å²) in [5.41, 5.74) is 3.29. The smallest absolute Gasteiger partial charge is 0.335 e. The maximum atomic E-state index is 11.9. The van der Waals surface area contributed by atoms with Gasteiger partial charge in [-0.15, -0.1) is 11.3 Å². The quantitative estimate of drug-likeness (QED) is 0.268. The Labute approximate surface area is 224 Å². The molecule has 2 N–H and O–H groups in total. The maximum absolute atomic E-state index is 11.9. The van der Waals surface area contributed by atoms with Crippen LogP contribution < -0.4 is 0 Å². The van der Waals surface area contributed by atoms with E-state index in [4.69, 9.17) is 4.98 Å². The van der Waals surface area contributed by atoms with Crippen LogP contribution in [0.1, 0.15) is 29.2 Å². The highest BCUT2D eigenvalue weighted by Crippen LogP contribution is 2.42. The van der Waals surface area contributed by atoms with Crippen LogP contribution in [0.5, 0.6) is 0 Å². The molecule has 192 valence electrons. The predicted octanol–water partition coefficient (Wildman–Crippen LogP) is 6.02. The summed E-state index contributed by atoms with van der Waals surface area (Å²) in [6.07, 6.45) is 2.83. The average Bonchev–Trinajstić information content (AvgIpc) is 3.34. The Hall–Kier alpha value is -3.92. The number of carbonyl (C=O) groups is 1. The van der Waals surface area contributed by atoms with Crippen molar-refractivity contribution in [1.29, 1.82) is 0 Å². The number of hydrogen-bond donors (Lipinski definition) is 2. The van der Waals surface area contributed by atoms with Crippen LogP contribution in [0.4, 0.5) is 0 Å². The lowest BCUT2D eigenvalue weighted by Crippen LogP contribution is -2.14. The van der Waals surface area contributed by atoms with Crippen molar-refractivity contribution in [3.8, 4) is 32.8 Å². The third-order valence-corrected chi connectivity index (χ3v) is 8.64. The van der Waals surface area contributed by atoms with Gasteiger partial charge in [-0.05, 0) is 61.4 Å². The predicted molar refractivity (Wildman–Crippen MR) is 149 cm³/mol. The summed E-state index contributed by atoms with van der Waals surface area (Å²) in [5.74, 6) is -1.02. The molecule has 7 nitrogen and oxygen atoms in total. The molecule has 0 bridgehead atoms. The molecule has 38 heavy (non-hydrogen) atoms. The normalized spacial score (nSPS) is 12.1. The van der Waals surface area contributed by atoms with Crippen LogP contribution in [0.2, 0.25) is 0 Å². The fourth-order valence-corrected chi connectivity index (χ4v) is 5.91. The summed E-state index contributed by atoms with van der Waals surface area (Å²) >= 11 is 1.35. The fraction of sp³-hybridized carbons (Fsp3) is 0.138. The Balaban J connectivity index is 1.69. The molecule has 0 atom stereocenters. The van der Waals surface area contributed by atoms with Crippen LogP contribution in [0, 0.1) is 0 Å². The maximum Gasteiger partial charge on any atom is 0.335 e. The number of aromatic nitrogens is 2. The standard InChI is InChI=1S/C29H24N2O5S2/c1-29(2,34)28-31-25(17-9-11-22(12-10-17)38(3,35)36)26(37-28)20-7-4-6-18(14-20)23-16-21(27(32)33)15-19-8-5-13-30-24(19)23/h4-16,34H,1-3H3,(H,32,33). The minimum atomic E-state index is -3.35. The van der Waals surface area contributed by atoms with E-state index < -0.39 is 21.4 Å². The zero-order valence-electron chi connectivity index (χ0n) is 20.8. The number of fused-ring (bicyclic) bond motifs is 1. The molecule has 0 amide bonds. The Morgan fingerprint density at radius 2 is 1.63 bits per heavy atom. The molecule has 0 aliphatic rings. The number of carboxylic acids is 1. The van der Waals surface area contributed by atoms with Gasteiger partial charge in [0.05, 0.1) is 26.5 Å². The lowest BCUT2D eigenvalue weighted by atomic mass is 9.96. The molecule has 0 aliphatic heterocycles. The number of aromatic carboxylic acids is 1. The Bertz CT molecular complexity index is 1800. The number of sulfone groups is 1. The fourth-order valence-electron chi connectivity index (χ4n) is 4.20. The third-order valence-electron chi connectivity index (χ3n) is 6.09. The number of pyridine rings is 1. The van der Waals surface area contributed by atoms with Crippen LogP contribution in [0.3, 0.4) is 0 Å². The van der Waals surface area contributed by atoms with Gasteiger partial charge in [0.1, 0.15) is 10.6 Å². The van der Waals surface area contributed by atoms with E-state index in [0.717, 1.165) is 27.6 Å². The number of rotatable bonds is 6. The van der Waals surface area contributed by atoms with Gasteiger partial charge in [0, 0.05) is 29.0 Å². The summed E-state index contributed by atoms with van der Waals surface area (Å²) in [6, 6.07) is 21.0. The second kappa shape index (κ2) is 9.43. The molecule has 0 unspecified atom stereocenters. The number of thiazole rings is 1. The molecule has 2 heterocycles. The number of carboxylic acid groups (broad SMARTS) is 1. The molecule has 0 radical (unpaired) electrons. The summed E-state index contributed by atoms with van der Waals surface area (Å²) in [4.78, 5) is 22.1. The first-order valence-electron chi connectivity index (χ1n) is 11.7. The first-order valence-corrected chi connectivity index (χ1v) is 14.4. The van der Waals surface area contributed by atoms with E-state index in [-0.39, 0.29) is 10.5 Å². The van der Waals surface area contributed by atoms with Crippen molar-refractivity contribution < 1.29 is 23.4 Å². The van der Waals surface area contributed by atoms with Gasteiger partial charge in [-0.25, -0.2) is 18.2 Å². The summed E-state index contributed by atoms with van der Waals surface area (Å²) in [6.45, 7) is 3.33. The zero-order valence-corrected chi connectivity index (χ0v) is 22.5. The van der Waals surface area contributed by atoms with Crippen LogP contribution >= 0.6 is 11.3 Å². The summed E-state index contributed by atoms with van der Waals surface area (Å²) in [5, 5.41) is 21.6. The van der Waals surface area contributed by atoms with Gasteiger partial charge in [-0.2, -0.15) is 0 Å². The Morgan fingerprint density at radius 3 is 2.29 bits per heavy atom. The van der Waals surface area contributed by atoms with E-state index in [1.54, 1.807) is 62.5 Å². The highest BCUT2D eigenvalue weighted by Gasteiger charge is 2.25. The van der Waals surface area contributed by atoms with Gasteiger partial charge in [0.25, 0.3) is 0 Å². The second-order valence-corrected chi connectivity index (χ2v) is 12.6. The first kappa shape index (κ1) is 25.7. The molecular formula is C29H24N2O5S2. The van der Waals surface area contributed by atoms with E-state index in [9.17, 15) is 23.4 Å². The van der Waals surface area contributed by atoms with Crippen molar-refractivity contribution in [2.24, 2.45) is 0 Å². The van der Waals surface area contributed by atoms with Crippen LogP contribution in [0.25, 0.3) is 43.7 Å². The SMILES string of the molecule is CC(C)(O)c1nc(-c2ccc(S(C)(=O)=O)cc2)c(-c2cccc(-c3cc(C(=O)O)cc4cccnc34)c2)s1. The molecule has 3 aromatic carbocycles. The van der Waals surface area contributed by atoms with E-state index in [2.05, 4.69) is 4.98 Å². The van der Waals surface area contributed by atoms with Crippen molar-refractivity contribution >= 4 is 38.0 Å². The van der Waals surface area contributed by atoms with Gasteiger partial charge in [0.2, 0.25) is 0 Å². The van der Waals surface area contributed by atoms with Crippen molar-refractivity contribution in [3.63, 3.8) is 0 Å². The Kier molecular flexibility index (Phi) is 6.38. The number of nitrogens with zero attached hydrogens (tertiary/aromatic N) is 2. The molecule has 0 fully saturated rings. The second-order valence-electron chi connectivity index (χ2n) is 9.54. The summed E-state index contributed by atoms with van der Waals surface area (Å²) < 4.78 is 23.9. The van der Waals surface area contributed by atoms with E-state index in [1.165, 1.54) is 11.3 Å². The lowest BCUT2D eigenvalue weighted by molar-refractivity contribution is 0.0696. The van der Waals surface area contributed by atoms with Crippen molar-refractivity contribution in [2.75, 3.05) is 6.26 Å². The topological polar surface area (TPSA) is 117 Å². The van der Waals surface area contributed by atoms with Crippen LogP contribution in [-0.4, -0.2) is 40.8 Å². The monoisotopic (exact) mass is 544 g/mol. The minimum Gasteiger partial charge on any atom is -0.478 e. The third kappa shape index (κ3) is 4.96. The first-order chi connectivity index (χ1) is 17.9. The number of aliphatic hydroxyl groups is 1. The van der Waals surface area contributed by atoms with Gasteiger partial charge >= 0.3 is 5.97 Å². The molecule has 0 saturated heterocycles. The molecule has 5 aromatic rings. The van der Waals surface area contributed by atoms with E-state index in [0.29, 0.717) is 27.3 Å². The van der Waals surface area contributed by atoms with Gasteiger partial charge in [-0.1, -0.05) is 36.4 Å². The van der Waals surface area contributed by atoms with Crippen LogP contribution in [0.15, 0.2) is 83.9 Å². The molecular weight excluding hydrogens is 520 g/mol. The molecule has 2 aromatic heterocycles. The molecule has 0 aliphatic carbocycles. The summed E-state index contributed by atoms with van der Waals surface area (Å²) in [7, 11) is -3.35. The van der Waals surface area contributed by atoms with E-state index >= 15 is 0 Å². The molecule has 9 heteroatoms. The minimum absolute atomic E-state index is 0.166. The van der Waals surface area contributed by atoms with Crippen molar-refractivity contribution in [2.45, 2.75) is 24.3 Å². The van der Waals surface area contributed by atoms with E-state index in [1.807, 2.05) is 30.3 Å². The molecule has 0 spiro atoms. The Morgan fingerprint density at radius 1 is 0.921 bits per heavy atom. The molecule has 5 rings (SSSR count). The largest absolute Gasteiger partial charge is 0.478 e. The number of hydrogen-bond acceptors (Lipinski definition) is 7. The van der Waals surface area contributed by atoms with Crippen molar-refractivity contribution in [3.05, 3.63) is 89.6 Å². The average molecular weight is 545 g/mol. The van der Waals surface area contributed by atoms with Crippen molar-refractivity contribution in [1.82, 2.24) is 9.97 Å². The zero-order chi connectivity index (χ0) is 27.2. The van der Waals surface area contributed by atoms with Gasteiger partial charge < -0.3 is 10.2 Å². The lowest BCUT2D eigenvalue weighted by Gasteiger charge is -2.12. The highest BCUT2D eigenvalue weighted by molar-refractivity contribution is 7.90. The highest BCUT2D eigenvalue weighted by atomic mass is 32.2. The van der Waals surface area contributed by atoms with Gasteiger partial charge in [-0.3, -0.25) is 4.98 Å². The van der Waals surface area contributed by atoms with Gasteiger partial charge in [0.15, 0.2) is 9.84 Å². The number of benzene rings is 3. The van der Waals surface area contributed by atoms with Crippen LogP contribution in [-0.2, 0) is 15.4 Å².